The van der Waals surface area contributed by atoms with Gasteiger partial charge in [-0.05, 0) is 30.7 Å². The van der Waals surface area contributed by atoms with Crippen LogP contribution in [0.1, 0.15) is 24.1 Å². The Balaban J connectivity index is 1.54. The third-order valence-electron chi connectivity index (χ3n) is 3.83. The number of para-hydroxylation sites is 1. The van der Waals surface area contributed by atoms with Crippen LogP contribution in [0.15, 0.2) is 67.0 Å². The molecule has 128 valence electrons. The van der Waals surface area contributed by atoms with Crippen LogP contribution >= 0.6 is 11.6 Å². The minimum absolute atomic E-state index is 0.180. The van der Waals surface area contributed by atoms with Crippen LogP contribution in [0, 0.1) is 0 Å². The molecule has 1 unspecified atom stereocenters. The Hall–Kier alpha value is -2.79. The van der Waals surface area contributed by atoms with E-state index in [2.05, 4.69) is 15.7 Å². The summed E-state index contributed by atoms with van der Waals surface area (Å²) in [6, 6.07) is 16.9. The second-order valence-electron chi connectivity index (χ2n) is 5.70. The van der Waals surface area contributed by atoms with Gasteiger partial charge in [-0.2, -0.15) is 5.10 Å². The van der Waals surface area contributed by atoms with Gasteiger partial charge in [-0.15, -0.1) is 0 Å². The molecule has 5 nitrogen and oxygen atoms in total. The summed E-state index contributed by atoms with van der Waals surface area (Å²) in [4.78, 5) is 12.1. The number of halogens is 1. The molecule has 0 radical (unpaired) electrons. The highest BCUT2D eigenvalue weighted by atomic mass is 35.5. The molecule has 0 aliphatic rings. The molecule has 0 fully saturated rings. The number of benzene rings is 2. The van der Waals surface area contributed by atoms with Gasteiger partial charge in [0.1, 0.15) is 0 Å². The van der Waals surface area contributed by atoms with E-state index in [1.165, 1.54) is 0 Å². The summed E-state index contributed by atoms with van der Waals surface area (Å²) in [5, 5.41) is 10.7. The highest BCUT2D eigenvalue weighted by Crippen LogP contribution is 2.21. The summed E-state index contributed by atoms with van der Waals surface area (Å²) in [6.45, 7) is 2.29. The van der Waals surface area contributed by atoms with Crippen molar-refractivity contribution < 1.29 is 4.79 Å². The predicted octanol–water partition coefficient (Wildman–Crippen LogP) is 4.09. The van der Waals surface area contributed by atoms with E-state index < -0.39 is 0 Å². The molecule has 0 saturated heterocycles. The molecule has 1 heterocycles. The standard InChI is InChI=1S/C19H19ClN4O/c1-14(17-9-5-6-10-18(17)20)23-19(25)21-11-15-12-22-24(13-15)16-7-3-2-4-8-16/h2-10,12-14H,11H2,1H3,(H2,21,23,25). The first-order valence-corrected chi connectivity index (χ1v) is 8.39. The van der Waals surface area contributed by atoms with E-state index >= 15 is 0 Å². The number of urea groups is 1. The number of carbonyl (C=O) groups is 1. The van der Waals surface area contributed by atoms with Gasteiger partial charge in [0, 0.05) is 23.3 Å². The van der Waals surface area contributed by atoms with Gasteiger partial charge in [-0.1, -0.05) is 48.0 Å². The van der Waals surface area contributed by atoms with Gasteiger partial charge in [0.15, 0.2) is 0 Å². The average Bonchev–Trinajstić information content (AvgIpc) is 3.10. The van der Waals surface area contributed by atoms with E-state index in [0.717, 1.165) is 16.8 Å². The zero-order valence-corrected chi connectivity index (χ0v) is 14.6. The number of aromatic nitrogens is 2. The molecule has 2 aromatic carbocycles. The molecule has 0 saturated carbocycles. The fraction of sp³-hybridized carbons (Fsp3) is 0.158. The molecule has 1 aromatic heterocycles. The van der Waals surface area contributed by atoms with Crippen LogP contribution in [0.3, 0.4) is 0 Å². The molecule has 1 atom stereocenters. The molecule has 25 heavy (non-hydrogen) atoms. The van der Waals surface area contributed by atoms with Gasteiger partial charge < -0.3 is 10.6 Å². The molecule has 0 bridgehead atoms. The van der Waals surface area contributed by atoms with Gasteiger partial charge in [0.2, 0.25) is 0 Å². The maximum atomic E-state index is 12.1. The van der Waals surface area contributed by atoms with Crippen molar-refractivity contribution in [2.45, 2.75) is 19.5 Å². The predicted molar refractivity (Wildman–Crippen MR) is 98.8 cm³/mol. The van der Waals surface area contributed by atoms with E-state index in [1.807, 2.05) is 67.7 Å². The smallest absolute Gasteiger partial charge is 0.315 e. The number of hydrogen-bond acceptors (Lipinski definition) is 2. The summed E-state index contributed by atoms with van der Waals surface area (Å²) in [5.41, 5.74) is 2.78. The fourth-order valence-electron chi connectivity index (χ4n) is 2.51. The monoisotopic (exact) mass is 354 g/mol. The van der Waals surface area contributed by atoms with Crippen molar-refractivity contribution in [2.24, 2.45) is 0 Å². The van der Waals surface area contributed by atoms with Crippen molar-refractivity contribution in [3.63, 3.8) is 0 Å². The Labute approximate surface area is 151 Å². The topological polar surface area (TPSA) is 59.0 Å². The minimum atomic E-state index is -0.250. The molecular formula is C19H19ClN4O. The number of amides is 2. The molecule has 3 rings (SSSR count). The molecule has 2 amide bonds. The van der Waals surface area contributed by atoms with Crippen molar-refractivity contribution in [2.75, 3.05) is 0 Å². The first-order chi connectivity index (χ1) is 12.1. The number of rotatable bonds is 5. The van der Waals surface area contributed by atoms with Crippen LogP contribution in [0.2, 0.25) is 5.02 Å². The number of carbonyl (C=O) groups excluding carboxylic acids is 1. The van der Waals surface area contributed by atoms with E-state index in [1.54, 1.807) is 10.9 Å². The van der Waals surface area contributed by atoms with Crippen LogP contribution in [0.5, 0.6) is 0 Å². The van der Waals surface area contributed by atoms with E-state index in [9.17, 15) is 4.79 Å². The van der Waals surface area contributed by atoms with E-state index in [4.69, 9.17) is 11.6 Å². The lowest BCUT2D eigenvalue weighted by atomic mass is 10.1. The average molecular weight is 355 g/mol. The lowest BCUT2D eigenvalue weighted by molar-refractivity contribution is 0.237. The summed E-state index contributed by atoms with van der Waals surface area (Å²) >= 11 is 6.15. The van der Waals surface area contributed by atoms with Crippen molar-refractivity contribution in [3.05, 3.63) is 83.1 Å². The summed E-state index contributed by atoms with van der Waals surface area (Å²) in [6.07, 6.45) is 3.64. The Morgan fingerprint density at radius 1 is 1.16 bits per heavy atom. The minimum Gasteiger partial charge on any atom is -0.334 e. The van der Waals surface area contributed by atoms with Gasteiger partial charge >= 0.3 is 6.03 Å². The molecular weight excluding hydrogens is 336 g/mol. The third kappa shape index (κ3) is 4.39. The van der Waals surface area contributed by atoms with Gasteiger partial charge in [-0.25, -0.2) is 9.48 Å². The maximum absolute atomic E-state index is 12.1. The SMILES string of the molecule is CC(NC(=O)NCc1cnn(-c2ccccc2)c1)c1ccccc1Cl. The third-order valence-corrected chi connectivity index (χ3v) is 4.17. The largest absolute Gasteiger partial charge is 0.334 e. The summed E-state index contributed by atoms with van der Waals surface area (Å²) < 4.78 is 1.78. The van der Waals surface area contributed by atoms with Crippen LogP contribution in [-0.4, -0.2) is 15.8 Å². The van der Waals surface area contributed by atoms with Crippen LogP contribution in [0.4, 0.5) is 4.79 Å². The molecule has 2 N–H and O–H groups in total. The second-order valence-corrected chi connectivity index (χ2v) is 6.11. The number of nitrogens with one attached hydrogen (secondary N) is 2. The zero-order valence-electron chi connectivity index (χ0n) is 13.8. The highest BCUT2D eigenvalue weighted by Gasteiger charge is 2.12. The quantitative estimate of drug-likeness (QED) is 0.725. The lowest BCUT2D eigenvalue weighted by Gasteiger charge is -2.16. The second kappa shape index (κ2) is 7.85. The van der Waals surface area contributed by atoms with Crippen LogP contribution in [0.25, 0.3) is 5.69 Å². The fourth-order valence-corrected chi connectivity index (χ4v) is 2.81. The Morgan fingerprint density at radius 3 is 2.64 bits per heavy atom. The number of hydrogen-bond donors (Lipinski definition) is 2. The highest BCUT2D eigenvalue weighted by molar-refractivity contribution is 6.31. The summed E-state index contributed by atoms with van der Waals surface area (Å²) in [5.74, 6) is 0. The Bertz CT molecular complexity index is 847. The van der Waals surface area contributed by atoms with Gasteiger partial charge in [-0.3, -0.25) is 0 Å². The number of nitrogens with zero attached hydrogens (tertiary/aromatic N) is 2. The van der Waals surface area contributed by atoms with Crippen molar-refractivity contribution >= 4 is 17.6 Å². The first kappa shape index (κ1) is 17.0. The van der Waals surface area contributed by atoms with Gasteiger partial charge in [0.25, 0.3) is 0 Å². The van der Waals surface area contributed by atoms with Crippen molar-refractivity contribution in [1.29, 1.82) is 0 Å². The molecule has 0 spiro atoms. The van der Waals surface area contributed by atoms with E-state index in [-0.39, 0.29) is 12.1 Å². The Morgan fingerprint density at radius 2 is 1.88 bits per heavy atom. The van der Waals surface area contributed by atoms with E-state index in [0.29, 0.717) is 11.6 Å². The van der Waals surface area contributed by atoms with Crippen LogP contribution < -0.4 is 10.6 Å². The lowest BCUT2D eigenvalue weighted by Crippen LogP contribution is -2.36. The molecule has 6 heteroatoms. The maximum Gasteiger partial charge on any atom is 0.315 e. The Kier molecular flexibility index (Phi) is 5.36. The van der Waals surface area contributed by atoms with Crippen molar-refractivity contribution in [1.82, 2.24) is 20.4 Å². The zero-order chi connectivity index (χ0) is 17.6. The van der Waals surface area contributed by atoms with Gasteiger partial charge in [0.05, 0.1) is 17.9 Å². The molecule has 0 aliphatic heterocycles. The van der Waals surface area contributed by atoms with Crippen LogP contribution in [-0.2, 0) is 6.54 Å². The van der Waals surface area contributed by atoms with Crippen molar-refractivity contribution in [3.8, 4) is 5.69 Å². The summed E-state index contributed by atoms with van der Waals surface area (Å²) in [7, 11) is 0. The first-order valence-electron chi connectivity index (χ1n) is 8.01. The molecule has 0 aliphatic carbocycles. The normalized spacial score (nSPS) is 11.8. The molecule has 3 aromatic rings.